The van der Waals surface area contributed by atoms with Crippen LogP contribution in [0.3, 0.4) is 0 Å². The van der Waals surface area contributed by atoms with Crippen molar-refractivity contribution in [3.05, 3.63) is 121 Å². The molecular formula is C34H20O2. The van der Waals surface area contributed by atoms with Crippen molar-refractivity contribution in [1.29, 1.82) is 0 Å². The van der Waals surface area contributed by atoms with Crippen LogP contribution in [0.2, 0.25) is 0 Å². The van der Waals surface area contributed by atoms with Gasteiger partial charge in [-0.3, -0.25) is 0 Å². The van der Waals surface area contributed by atoms with Crippen LogP contribution in [0.25, 0.3) is 76.9 Å². The van der Waals surface area contributed by atoms with Crippen LogP contribution >= 0.6 is 0 Å². The van der Waals surface area contributed by atoms with Crippen molar-refractivity contribution in [2.75, 3.05) is 0 Å². The molecule has 0 saturated carbocycles. The van der Waals surface area contributed by atoms with Crippen molar-refractivity contribution in [2.24, 2.45) is 0 Å². The molecule has 2 heteroatoms. The maximum atomic E-state index is 9.11. The zero-order valence-corrected chi connectivity index (χ0v) is 17.9. The van der Waals surface area contributed by atoms with Gasteiger partial charge in [0.05, 0.1) is 26.0 Å². The summed E-state index contributed by atoms with van der Waals surface area (Å²) in [7, 11) is 0. The topological polar surface area (TPSA) is 26.3 Å². The fourth-order valence-electron chi connectivity index (χ4n) is 4.50. The fourth-order valence-corrected chi connectivity index (χ4v) is 4.50. The Bertz CT molecular complexity index is 3030. The number of rotatable bonds is 2. The number of furan rings is 2. The maximum Gasteiger partial charge on any atom is 0.178 e. The van der Waals surface area contributed by atoms with Gasteiger partial charge in [0.2, 0.25) is 0 Å². The van der Waals surface area contributed by atoms with Gasteiger partial charge in [-0.15, -0.1) is 0 Å². The van der Waals surface area contributed by atoms with Crippen LogP contribution in [0.4, 0.5) is 0 Å². The molecule has 8 aromatic rings. The average Bonchev–Trinajstić information content (AvgIpc) is 3.79. The Morgan fingerprint density at radius 2 is 1.03 bits per heavy atom. The highest BCUT2D eigenvalue weighted by Gasteiger charge is 2.20. The molecule has 0 amide bonds. The Labute approximate surface area is 233 Å². The largest absolute Gasteiger partial charge is 0.452 e. The lowest BCUT2D eigenvalue weighted by atomic mass is 9.87. The zero-order chi connectivity index (χ0) is 40.2. The van der Waals surface area contributed by atoms with E-state index in [4.69, 9.17) is 34.9 Å². The second-order valence-electron chi connectivity index (χ2n) is 7.86. The highest BCUT2D eigenvalue weighted by atomic mass is 16.4. The van der Waals surface area contributed by atoms with E-state index < -0.39 is 147 Å². The summed E-state index contributed by atoms with van der Waals surface area (Å²) in [5.41, 5.74) is -2.30. The van der Waals surface area contributed by atoms with E-state index in [1.807, 2.05) is 0 Å². The Morgan fingerprint density at radius 3 is 1.72 bits per heavy atom. The number of fused-ring (bicyclic) bond motifs is 7. The molecule has 0 unspecified atom stereocenters. The molecule has 0 saturated heterocycles. The summed E-state index contributed by atoms with van der Waals surface area (Å²) < 4.78 is 176. The first-order valence-corrected chi connectivity index (χ1v) is 10.6. The van der Waals surface area contributed by atoms with Gasteiger partial charge in [0.15, 0.2) is 11.2 Å². The Hall–Kier alpha value is -4.82. The molecular weight excluding hydrogens is 440 g/mol. The minimum Gasteiger partial charge on any atom is -0.452 e. The van der Waals surface area contributed by atoms with Crippen molar-refractivity contribution in [1.82, 2.24) is 0 Å². The smallest absolute Gasteiger partial charge is 0.178 e. The standard InChI is InChI=1S/C34H20O2/c1-2-10-21(11-3-1)31-24-13-4-6-15-26(24)32(27-16-7-5-14-25(27)31)30-20-22-18-19-28-23-12-8-9-17-29(23)35-34(28)33(22)36-30/h1-20H/i1D,2D,3D,4D,5D,6D,7D,8D,9D,10D,11D,12D,13D,14D,15D,16D,17D,18D,19D. The average molecular weight is 480 g/mol. The molecule has 0 bridgehead atoms. The van der Waals surface area contributed by atoms with E-state index in [2.05, 4.69) is 0 Å². The molecule has 6 aromatic carbocycles. The molecule has 0 N–H and O–H groups in total. The molecule has 0 spiro atoms. The van der Waals surface area contributed by atoms with Gasteiger partial charge < -0.3 is 8.83 Å². The third-order valence-electron chi connectivity index (χ3n) is 5.97. The molecule has 0 aliphatic heterocycles. The number of benzene rings is 6. The zero-order valence-electron chi connectivity index (χ0n) is 36.9. The van der Waals surface area contributed by atoms with Crippen molar-refractivity contribution < 1.29 is 34.9 Å². The van der Waals surface area contributed by atoms with E-state index >= 15 is 0 Å². The third-order valence-corrected chi connectivity index (χ3v) is 5.97. The highest BCUT2D eigenvalue weighted by Crippen LogP contribution is 2.45. The van der Waals surface area contributed by atoms with E-state index in [1.54, 1.807) is 0 Å². The minimum atomic E-state index is -0.814. The first-order chi connectivity index (χ1) is 25.8. The molecule has 8 rings (SSSR count). The summed E-state index contributed by atoms with van der Waals surface area (Å²) in [4.78, 5) is 0. The van der Waals surface area contributed by atoms with Gasteiger partial charge in [0, 0.05) is 21.7 Å². The fraction of sp³-hybridized carbons (Fsp3) is 0. The van der Waals surface area contributed by atoms with Crippen molar-refractivity contribution in [3.63, 3.8) is 0 Å². The third kappa shape index (κ3) is 2.67. The molecule has 2 nitrogen and oxygen atoms in total. The molecule has 0 radical (unpaired) electrons. The van der Waals surface area contributed by atoms with Gasteiger partial charge in [-0.2, -0.15) is 0 Å². The van der Waals surface area contributed by atoms with Crippen molar-refractivity contribution in [3.8, 4) is 22.5 Å². The van der Waals surface area contributed by atoms with Crippen LogP contribution < -0.4 is 0 Å². The lowest BCUT2D eigenvalue weighted by Crippen LogP contribution is -1.89. The summed E-state index contributed by atoms with van der Waals surface area (Å²) >= 11 is 0. The number of para-hydroxylation sites is 1. The van der Waals surface area contributed by atoms with Crippen LogP contribution in [-0.4, -0.2) is 0 Å². The van der Waals surface area contributed by atoms with E-state index in [0.717, 1.165) is 0 Å². The Kier molecular flexibility index (Phi) is 1.77. The molecule has 168 valence electrons. The SMILES string of the molecule is [2H]c1c([2H])c([2H])c(-c2c3c([2H])c([2H])c([2H])c([2H])c3c(-c3cc4c([2H])c([2H])c5c(oc6c([2H])c([2H])c([2H])c([2H])c65)c4o3)c3c([2H])c([2H])c([2H])c([2H])c23)c([2H])c1[2H]. The normalized spacial score (nSPS) is 19.3. The molecule has 2 heterocycles. The molecule has 0 aliphatic rings. The number of hydrogen-bond donors (Lipinski definition) is 0. The van der Waals surface area contributed by atoms with Crippen LogP contribution in [-0.2, 0) is 0 Å². The lowest BCUT2D eigenvalue weighted by Gasteiger charge is -2.16. The quantitative estimate of drug-likeness (QED) is 0.231. The van der Waals surface area contributed by atoms with Gasteiger partial charge in [-0.25, -0.2) is 0 Å². The van der Waals surface area contributed by atoms with Gasteiger partial charge in [0.25, 0.3) is 0 Å². The summed E-state index contributed by atoms with van der Waals surface area (Å²) in [6, 6.07) is -12.4. The lowest BCUT2D eigenvalue weighted by molar-refractivity contribution is 0.612. The molecule has 0 aliphatic carbocycles. The number of hydrogen-bond acceptors (Lipinski definition) is 2. The van der Waals surface area contributed by atoms with Gasteiger partial charge >= 0.3 is 0 Å². The first-order valence-electron chi connectivity index (χ1n) is 20.1. The van der Waals surface area contributed by atoms with Crippen LogP contribution in [0.15, 0.2) is 130 Å². The molecule has 0 atom stereocenters. The highest BCUT2D eigenvalue weighted by molar-refractivity contribution is 6.22. The Morgan fingerprint density at radius 1 is 0.444 bits per heavy atom. The molecule has 2 aromatic heterocycles. The van der Waals surface area contributed by atoms with Gasteiger partial charge in [0.1, 0.15) is 11.3 Å². The van der Waals surface area contributed by atoms with E-state index in [-0.39, 0.29) is 44.2 Å². The Balaban J connectivity index is 1.68. The van der Waals surface area contributed by atoms with Crippen molar-refractivity contribution in [2.45, 2.75) is 0 Å². The van der Waals surface area contributed by atoms with Crippen LogP contribution in [0.1, 0.15) is 26.0 Å². The predicted molar refractivity (Wildman–Crippen MR) is 149 cm³/mol. The second kappa shape index (κ2) is 7.34. The summed E-state index contributed by atoms with van der Waals surface area (Å²) in [6.07, 6.45) is 0. The van der Waals surface area contributed by atoms with Gasteiger partial charge in [-0.05, 0) is 50.8 Å². The minimum absolute atomic E-state index is 0.125. The molecule has 0 fully saturated rings. The van der Waals surface area contributed by atoms with E-state index in [1.165, 1.54) is 6.07 Å². The summed E-state index contributed by atoms with van der Waals surface area (Å²) in [5, 5.41) is -2.30. The summed E-state index contributed by atoms with van der Waals surface area (Å²) in [5.74, 6) is -0.354. The van der Waals surface area contributed by atoms with E-state index in [0.29, 0.717) is 0 Å². The van der Waals surface area contributed by atoms with Gasteiger partial charge in [-0.1, -0.05) is 103 Å². The van der Waals surface area contributed by atoms with Crippen molar-refractivity contribution >= 4 is 54.5 Å². The van der Waals surface area contributed by atoms with E-state index in [9.17, 15) is 0 Å². The monoisotopic (exact) mass is 479 g/mol. The predicted octanol–water partition coefficient (Wildman–Crippen LogP) is 9.97. The van der Waals surface area contributed by atoms with Crippen LogP contribution in [0.5, 0.6) is 0 Å². The second-order valence-corrected chi connectivity index (χ2v) is 7.86. The maximum absolute atomic E-state index is 9.11. The van der Waals surface area contributed by atoms with Crippen LogP contribution in [0, 0.1) is 0 Å². The summed E-state index contributed by atoms with van der Waals surface area (Å²) in [6.45, 7) is 0. The molecule has 36 heavy (non-hydrogen) atoms. The first kappa shape index (κ1) is 8.69.